The number of aromatic nitrogens is 2. The Hall–Kier alpha value is -0.700. The van der Waals surface area contributed by atoms with Crippen molar-refractivity contribution in [1.29, 1.82) is 0 Å². The minimum atomic E-state index is 0.596. The van der Waals surface area contributed by atoms with Crippen molar-refractivity contribution in [3.05, 3.63) is 22.2 Å². The Labute approximate surface area is 109 Å². The first-order valence-electron chi connectivity index (χ1n) is 6.64. The summed E-state index contributed by atoms with van der Waals surface area (Å²) in [5.41, 5.74) is 1.24. The molecule has 0 amide bonds. The van der Waals surface area contributed by atoms with E-state index in [4.69, 9.17) is 12.2 Å². The number of H-pyrrole nitrogens is 1. The Bertz CT molecular complexity index is 436. The van der Waals surface area contributed by atoms with Crippen LogP contribution in [0.25, 0.3) is 0 Å². The van der Waals surface area contributed by atoms with Crippen LogP contribution in [-0.2, 0) is 6.42 Å². The van der Waals surface area contributed by atoms with Crippen molar-refractivity contribution in [2.45, 2.75) is 52.4 Å². The summed E-state index contributed by atoms with van der Waals surface area (Å²) in [5.74, 6) is 3.20. The van der Waals surface area contributed by atoms with E-state index in [-0.39, 0.29) is 0 Å². The van der Waals surface area contributed by atoms with Crippen molar-refractivity contribution in [2.24, 2.45) is 11.8 Å². The van der Waals surface area contributed by atoms with Gasteiger partial charge >= 0.3 is 0 Å². The molecule has 0 saturated heterocycles. The zero-order chi connectivity index (χ0) is 12.4. The second-order valence-corrected chi connectivity index (χ2v) is 6.26. The van der Waals surface area contributed by atoms with E-state index in [1.807, 2.05) is 6.07 Å². The van der Waals surface area contributed by atoms with Crippen molar-refractivity contribution in [1.82, 2.24) is 9.97 Å². The quantitative estimate of drug-likeness (QED) is 0.813. The molecule has 1 fully saturated rings. The van der Waals surface area contributed by atoms with Gasteiger partial charge in [0.05, 0.1) is 0 Å². The summed E-state index contributed by atoms with van der Waals surface area (Å²) in [6, 6.07) is 2.01. The molecule has 1 saturated carbocycles. The molecule has 0 aliphatic heterocycles. The summed E-state index contributed by atoms with van der Waals surface area (Å²) < 4.78 is 0.744. The minimum absolute atomic E-state index is 0.596. The highest BCUT2D eigenvalue weighted by Crippen LogP contribution is 2.36. The van der Waals surface area contributed by atoms with Gasteiger partial charge in [0.2, 0.25) is 0 Å². The fourth-order valence-electron chi connectivity index (χ4n) is 2.73. The predicted octanol–water partition coefficient (Wildman–Crippen LogP) is 4.24. The molecule has 1 aromatic rings. The van der Waals surface area contributed by atoms with Crippen LogP contribution >= 0.6 is 12.2 Å². The Morgan fingerprint density at radius 3 is 2.82 bits per heavy atom. The highest BCUT2D eigenvalue weighted by Gasteiger charge is 2.24. The molecular weight excluding hydrogens is 228 g/mol. The molecule has 94 valence electrons. The highest BCUT2D eigenvalue weighted by molar-refractivity contribution is 7.71. The zero-order valence-electron chi connectivity index (χ0n) is 11.0. The molecule has 0 aromatic carbocycles. The predicted molar refractivity (Wildman–Crippen MR) is 73.7 cm³/mol. The van der Waals surface area contributed by atoms with Gasteiger partial charge in [-0.3, -0.25) is 0 Å². The van der Waals surface area contributed by atoms with Gasteiger partial charge in [-0.15, -0.1) is 0 Å². The van der Waals surface area contributed by atoms with E-state index in [0.29, 0.717) is 11.8 Å². The van der Waals surface area contributed by atoms with Crippen molar-refractivity contribution in [2.75, 3.05) is 0 Å². The van der Waals surface area contributed by atoms with E-state index in [9.17, 15) is 0 Å². The van der Waals surface area contributed by atoms with E-state index in [2.05, 4.69) is 30.7 Å². The minimum Gasteiger partial charge on any atom is -0.347 e. The second-order valence-electron chi connectivity index (χ2n) is 5.84. The number of hydrogen-bond acceptors (Lipinski definition) is 2. The van der Waals surface area contributed by atoms with Gasteiger partial charge < -0.3 is 4.98 Å². The van der Waals surface area contributed by atoms with Gasteiger partial charge in [-0.25, -0.2) is 4.98 Å². The molecule has 3 heteroatoms. The molecule has 1 aliphatic carbocycles. The van der Waals surface area contributed by atoms with Crippen LogP contribution in [0, 0.1) is 16.5 Å². The van der Waals surface area contributed by atoms with Crippen molar-refractivity contribution in [3.8, 4) is 0 Å². The summed E-state index contributed by atoms with van der Waals surface area (Å²) in [5, 5.41) is 0. The summed E-state index contributed by atoms with van der Waals surface area (Å²) in [6.45, 7) is 6.79. The maximum absolute atomic E-state index is 5.27. The van der Waals surface area contributed by atoms with Crippen LogP contribution in [0.1, 0.15) is 57.5 Å². The van der Waals surface area contributed by atoms with Crippen LogP contribution in [0.3, 0.4) is 0 Å². The topological polar surface area (TPSA) is 28.7 Å². The third-order valence-electron chi connectivity index (χ3n) is 3.53. The molecule has 2 unspecified atom stereocenters. The average Bonchev–Trinajstić information content (AvgIpc) is 2.62. The number of nitrogens with one attached hydrogen (secondary N) is 1. The number of hydrogen-bond donors (Lipinski definition) is 1. The van der Waals surface area contributed by atoms with Crippen molar-refractivity contribution >= 4 is 12.2 Å². The van der Waals surface area contributed by atoms with E-state index in [1.165, 1.54) is 25.0 Å². The molecule has 2 nitrogen and oxygen atoms in total. The van der Waals surface area contributed by atoms with E-state index >= 15 is 0 Å². The molecule has 0 spiro atoms. The lowest BCUT2D eigenvalue weighted by atomic mass is 10.0. The van der Waals surface area contributed by atoms with E-state index in [0.717, 1.165) is 22.8 Å². The molecule has 0 radical (unpaired) electrons. The number of nitrogens with zero attached hydrogens (tertiary/aromatic N) is 1. The van der Waals surface area contributed by atoms with Gasteiger partial charge in [-0.1, -0.05) is 33.0 Å². The van der Waals surface area contributed by atoms with Gasteiger partial charge in [0.25, 0.3) is 0 Å². The smallest absolute Gasteiger partial charge is 0.129 e. The van der Waals surface area contributed by atoms with Crippen LogP contribution in [0.15, 0.2) is 6.07 Å². The van der Waals surface area contributed by atoms with Crippen LogP contribution in [0.2, 0.25) is 0 Å². The first-order chi connectivity index (χ1) is 8.04. The third kappa shape index (κ3) is 3.38. The zero-order valence-corrected chi connectivity index (χ0v) is 11.8. The van der Waals surface area contributed by atoms with Crippen LogP contribution in [-0.4, -0.2) is 9.97 Å². The summed E-state index contributed by atoms with van der Waals surface area (Å²) >= 11 is 5.27. The Morgan fingerprint density at radius 2 is 2.24 bits per heavy atom. The van der Waals surface area contributed by atoms with Gasteiger partial charge in [0, 0.05) is 11.6 Å². The molecule has 2 atom stereocenters. The molecule has 0 bridgehead atoms. The largest absolute Gasteiger partial charge is 0.347 e. The fraction of sp³-hybridized carbons (Fsp3) is 0.714. The summed E-state index contributed by atoms with van der Waals surface area (Å²) in [6.07, 6.45) is 4.89. The maximum Gasteiger partial charge on any atom is 0.129 e. The fourth-order valence-corrected chi connectivity index (χ4v) is 2.97. The monoisotopic (exact) mass is 250 g/mol. The SMILES string of the molecule is CC(C)Cc1cc(=S)nc(C2CCC(C)C2)[nH]1. The third-order valence-corrected chi connectivity index (χ3v) is 3.74. The van der Waals surface area contributed by atoms with Crippen LogP contribution in [0.5, 0.6) is 0 Å². The van der Waals surface area contributed by atoms with E-state index < -0.39 is 0 Å². The lowest BCUT2D eigenvalue weighted by Gasteiger charge is -2.12. The molecule has 1 heterocycles. The molecule has 1 N–H and O–H groups in total. The Morgan fingerprint density at radius 1 is 1.47 bits per heavy atom. The van der Waals surface area contributed by atoms with Crippen molar-refractivity contribution in [3.63, 3.8) is 0 Å². The molecular formula is C14H22N2S. The van der Waals surface area contributed by atoms with Gasteiger partial charge in [-0.05, 0) is 43.6 Å². The average molecular weight is 250 g/mol. The lowest BCUT2D eigenvalue weighted by Crippen LogP contribution is -2.06. The first kappa shape index (κ1) is 12.7. The first-order valence-corrected chi connectivity index (χ1v) is 7.05. The highest BCUT2D eigenvalue weighted by atomic mass is 32.1. The standard InChI is InChI=1S/C14H22N2S/c1-9(2)6-12-8-13(17)16-14(15-12)11-5-4-10(3)7-11/h8-11H,4-7H2,1-3H3,(H,15,16,17). The summed E-state index contributed by atoms with van der Waals surface area (Å²) in [7, 11) is 0. The molecule has 2 rings (SSSR count). The number of aromatic amines is 1. The molecule has 1 aliphatic rings. The molecule has 17 heavy (non-hydrogen) atoms. The van der Waals surface area contributed by atoms with Gasteiger partial charge in [0.1, 0.15) is 10.5 Å². The van der Waals surface area contributed by atoms with Crippen molar-refractivity contribution < 1.29 is 0 Å². The van der Waals surface area contributed by atoms with Crippen LogP contribution in [0.4, 0.5) is 0 Å². The van der Waals surface area contributed by atoms with Crippen LogP contribution < -0.4 is 0 Å². The maximum atomic E-state index is 5.27. The van der Waals surface area contributed by atoms with Gasteiger partial charge in [-0.2, -0.15) is 0 Å². The van der Waals surface area contributed by atoms with E-state index in [1.54, 1.807) is 0 Å². The lowest BCUT2D eigenvalue weighted by molar-refractivity contribution is 0.577. The molecule has 1 aromatic heterocycles. The number of rotatable bonds is 3. The second kappa shape index (κ2) is 5.30. The van der Waals surface area contributed by atoms with Gasteiger partial charge in [0.15, 0.2) is 0 Å². The Balaban J connectivity index is 2.22. The Kier molecular flexibility index (Phi) is 3.97. The summed E-state index contributed by atoms with van der Waals surface area (Å²) in [4.78, 5) is 8.02. The normalized spacial score (nSPS) is 24.5.